The molecule has 0 rings (SSSR count). The molecule has 0 N–H and O–H groups in total. The fourth-order valence-corrected chi connectivity index (χ4v) is 1.76. The Kier molecular flexibility index (Phi) is 7.17. The lowest BCUT2D eigenvalue weighted by Gasteiger charge is -2.45. The molecule has 0 amide bonds. The molecule has 2 unspecified atom stereocenters. The lowest BCUT2D eigenvalue weighted by atomic mass is 9.83. The Morgan fingerprint density at radius 1 is 0.846 bits per heavy atom. The predicted octanol–water partition coefficient (Wildman–Crippen LogP) is 5.44. The second-order valence-electron chi connectivity index (χ2n) is 5.38. The lowest BCUT2D eigenvalue weighted by Crippen LogP contribution is -2.66. The van der Waals surface area contributed by atoms with Crippen molar-refractivity contribution in [3.05, 3.63) is 12.7 Å². The number of rotatable bonds is 9. The molecule has 0 aliphatic carbocycles. The highest BCUT2D eigenvalue weighted by Crippen LogP contribution is 2.53. The third-order valence-electron chi connectivity index (χ3n) is 3.57. The molecule has 0 aromatic carbocycles. The molecule has 0 heterocycles. The van der Waals surface area contributed by atoms with Gasteiger partial charge in [-0.05, 0) is 13.3 Å². The summed E-state index contributed by atoms with van der Waals surface area (Å²) in [7, 11) is 0. The number of alkyl halides is 11. The van der Waals surface area contributed by atoms with Gasteiger partial charge >= 0.3 is 24.4 Å². The number of ether oxygens (including phenoxy) is 2. The van der Waals surface area contributed by atoms with Gasteiger partial charge in [-0.1, -0.05) is 13.0 Å². The van der Waals surface area contributed by atoms with Gasteiger partial charge in [0.2, 0.25) is 0 Å². The topological polar surface area (TPSA) is 18.5 Å². The van der Waals surface area contributed by atoms with Crippen molar-refractivity contribution in [1.29, 1.82) is 0 Å². The summed E-state index contributed by atoms with van der Waals surface area (Å²) in [6.45, 7) is 0.988. The van der Waals surface area contributed by atoms with Gasteiger partial charge in [0.05, 0.1) is 13.2 Å². The van der Waals surface area contributed by atoms with Crippen molar-refractivity contribution in [2.75, 3.05) is 13.2 Å². The Balaban J connectivity index is 6.08. The van der Waals surface area contributed by atoms with Crippen LogP contribution >= 0.6 is 0 Å². The molecule has 2 atom stereocenters. The van der Waals surface area contributed by atoms with Gasteiger partial charge in [0.15, 0.2) is 0 Å². The summed E-state index contributed by atoms with van der Waals surface area (Å²) in [5.41, 5.74) is -8.67. The molecule has 0 aliphatic rings. The van der Waals surface area contributed by atoms with Crippen LogP contribution in [0.2, 0.25) is 0 Å². The standard InChI is InChI=1S/C13H15F11O2/c1-4-6-25-7-9(14,11(17,18)19)8(3,5-2)26-13(23,24)10(15,16)12(20,21)22/h4H,1,5-7H2,2-3H3. The third kappa shape index (κ3) is 4.41. The van der Waals surface area contributed by atoms with Gasteiger partial charge in [0.1, 0.15) is 5.60 Å². The molecule has 156 valence electrons. The first-order valence-electron chi connectivity index (χ1n) is 6.80. The molecule has 0 saturated heterocycles. The zero-order chi connectivity index (χ0) is 21.2. The van der Waals surface area contributed by atoms with Crippen molar-refractivity contribution in [3.8, 4) is 0 Å². The summed E-state index contributed by atoms with van der Waals surface area (Å²) in [5, 5.41) is 0. The SMILES string of the molecule is C=CCOCC(F)(C(F)(F)F)C(C)(CC)OC(F)(F)C(F)(F)C(F)(F)F. The minimum atomic E-state index is -6.87. The van der Waals surface area contributed by atoms with Crippen LogP contribution in [-0.2, 0) is 9.47 Å². The van der Waals surface area contributed by atoms with Crippen molar-refractivity contribution < 1.29 is 57.8 Å². The van der Waals surface area contributed by atoms with Crippen molar-refractivity contribution in [1.82, 2.24) is 0 Å². The Bertz CT molecular complexity index is 485. The van der Waals surface area contributed by atoms with E-state index in [1.54, 1.807) is 0 Å². The second kappa shape index (κ2) is 7.49. The molecular formula is C13H15F11O2. The van der Waals surface area contributed by atoms with Crippen molar-refractivity contribution >= 4 is 0 Å². The van der Waals surface area contributed by atoms with Crippen LogP contribution in [-0.4, -0.2) is 48.9 Å². The zero-order valence-electron chi connectivity index (χ0n) is 13.4. The fourth-order valence-electron chi connectivity index (χ4n) is 1.76. The van der Waals surface area contributed by atoms with Gasteiger partial charge in [-0.25, -0.2) is 4.39 Å². The Labute approximate surface area is 140 Å². The van der Waals surface area contributed by atoms with Crippen LogP contribution in [0.5, 0.6) is 0 Å². The first-order chi connectivity index (χ1) is 11.3. The molecule has 26 heavy (non-hydrogen) atoms. The minimum absolute atomic E-state index is 0.00186. The molecule has 0 aromatic rings. The summed E-state index contributed by atoms with van der Waals surface area (Å²) in [4.78, 5) is 0. The van der Waals surface area contributed by atoms with Gasteiger partial charge in [-0.15, -0.1) is 6.58 Å². The van der Waals surface area contributed by atoms with E-state index in [-0.39, 0.29) is 6.92 Å². The van der Waals surface area contributed by atoms with E-state index >= 15 is 0 Å². The molecule has 0 saturated carbocycles. The van der Waals surface area contributed by atoms with E-state index in [2.05, 4.69) is 16.1 Å². The van der Waals surface area contributed by atoms with Gasteiger partial charge in [0, 0.05) is 0 Å². The van der Waals surface area contributed by atoms with E-state index in [1.807, 2.05) is 0 Å². The molecule has 0 spiro atoms. The summed E-state index contributed by atoms with van der Waals surface area (Å²) in [5.74, 6) is -6.87. The highest BCUT2D eigenvalue weighted by atomic mass is 19.4. The maximum atomic E-state index is 14.6. The molecule has 0 radical (unpaired) electrons. The Morgan fingerprint density at radius 2 is 1.31 bits per heavy atom. The van der Waals surface area contributed by atoms with Crippen LogP contribution in [0.25, 0.3) is 0 Å². The number of hydrogen-bond donors (Lipinski definition) is 0. The van der Waals surface area contributed by atoms with Crippen molar-refractivity contribution in [2.45, 2.75) is 55.9 Å². The van der Waals surface area contributed by atoms with Crippen LogP contribution in [0.1, 0.15) is 20.3 Å². The van der Waals surface area contributed by atoms with Crippen LogP contribution in [0.3, 0.4) is 0 Å². The van der Waals surface area contributed by atoms with E-state index in [0.29, 0.717) is 6.92 Å². The Morgan fingerprint density at radius 3 is 1.62 bits per heavy atom. The highest BCUT2D eigenvalue weighted by molar-refractivity contribution is 5.05. The third-order valence-corrected chi connectivity index (χ3v) is 3.57. The van der Waals surface area contributed by atoms with E-state index in [9.17, 15) is 48.3 Å². The molecule has 2 nitrogen and oxygen atoms in total. The minimum Gasteiger partial charge on any atom is -0.374 e. The predicted molar refractivity (Wildman–Crippen MR) is 66.6 cm³/mol. The van der Waals surface area contributed by atoms with Crippen LogP contribution in [0.15, 0.2) is 12.7 Å². The average molecular weight is 412 g/mol. The molecule has 0 aromatic heterocycles. The molecular weight excluding hydrogens is 397 g/mol. The van der Waals surface area contributed by atoms with Crippen LogP contribution < -0.4 is 0 Å². The van der Waals surface area contributed by atoms with Gasteiger partial charge in [0.25, 0.3) is 5.67 Å². The van der Waals surface area contributed by atoms with Gasteiger partial charge in [-0.3, -0.25) is 0 Å². The average Bonchev–Trinajstić information content (AvgIpc) is 2.44. The molecule has 13 heteroatoms. The van der Waals surface area contributed by atoms with E-state index < -0.39 is 55.3 Å². The summed E-state index contributed by atoms with van der Waals surface area (Å²) in [6, 6.07) is 0. The largest absolute Gasteiger partial charge is 0.462 e. The van der Waals surface area contributed by atoms with Gasteiger partial charge < -0.3 is 9.47 Å². The van der Waals surface area contributed by atoms with Gasteiger partial charge in [-0.2, -0.15) is 43.9 Å². The fraction of sp³-hybridized carbons (Fsp3) is 0.846. The monoisotopic (exact) mass is 412 g/mol. The molecule has 0 fully saturated rings. The first kappa shape index (κ1) is 24.9. The van der Waals surface area contributed by atoms with E-state index in [4.69, 9.17) is 0 Å². The van der Waals surface area contributed by atoms with Crippen molar-refractivity contribution in [3.63, 3.8) is 0 Å². The lowest BCUT2D eigenvalue weighted by molar-refractivity contribution is -0.458. The molecule has 0 aliphatic heterocycles. The summed E-state index contributed by atoms with van der Waals surface area (Å²) >= 11 is 0. The zero-order valence-corrected chi connectivity index (χ0v) is 13.4. The maximum absolute atomic E-state index is 14.6. The maximum Gasteiger partial charge on any atom is 0.462 e. The number of hydrogen-bond acceptors (Lipinski definition) is 2. The van der Waals surface area contributed by atoms with Crippen LogP contribution in [0, 0.1) is 0 Å². The molecule has 0 bridgehead atoms. The number of halogens is 11. The second-order valence-corrected chi connectivity index (χ2v) is 5.38. The van der Waals surface area contributed by atoms with E-state index in [1.165, 1.54) is 0 Å². The van der Waals surface area contributed by atoms with Crippen LogP contribution in [0.4, 0.5) is 48.3 Å². The summed E-state index contributed by atoms with van der Waals surface area (Å²) < 4.78 is 150. The quantitative estimate of drug-likeness (QED) is 0.286. The smallest absolute Gasteiger partial charge is 0.374 e. The highest BCUT2D eigenvalue weighted by Gasteiger charge is 2.78. The normalized spacial score (nSPS) is 19.0. The van der Waals surface area contributed by atoms with E-state index in [0.717, 1.165) is 6.08 Å². The van der Waals surface area contributed by atoms with Crippen molar-refractivity contribution in [2.24, 2.45) is 0 Å². The Hall–Kier alpha value is -1.11. The first-order valence-corrected chi connectivity index (χ1v) is 6.80. The summed E-state index contributed by atoms with van der Waals surface area (Å²) in [6.07, 6.45) is -19.8.